The first-order valence-corrected chi connectivity index (χ1v) is 10.7. The van der Waals surface area contributed by atoms with Crippen LogP contribution < -0.4 is 15.4 Å². The van der Waals surface area contributed by atoms with Crippen LogP contribution in [-0.2, 0) is 13.0 Å². The summed E-state index contributed by atoms with van der Waals surface area (Å²) in [6.45, 7) is 3.13. The zero-order valence-corrected chi connectivity index (χ0v) is 17.8. The minimum atomic E-state index is -0.154. The van der Waals surface area contributed by atoms with Crippen LogP contribution >= 0.6 is 0 Å². The van der Waals surface area contributed by atoms with Gasteiger partial charge in [-0.2, -0.15) is 0 Å². The largest absolute Gasteiger partial charge is 0.489 e. The molecule has 2 aromatic carbocycles. The van der Waals surface area contributed by atoms with E-state index < -0.39 is 0 Å². The van der Waals surface area contributed by atoms with Crippen molar-refractivity contribution in [3.8, 4) is 5.75 Å². The quantitative estimate of drug-likeness (QED) is 0.533. The number of unbranched alkanes of at least 4 members (excludes halogenated alkanes) is 1. The molecule has 6 nitrogen and oxygen atoms in total. The molecule has 0 saturated heterocycles. The summed E-state index contributed by atoms with van der Waals surface area (Å²) in [7, 11) is 0. The second kappa shape index (κ2) is 9.60. The first-order valence-electron chi connectivity index (χ1n) is 10.7. The Morgan fingerprint density at radius 3 is 2.84 bits per heavy atom. The number of nitrogens with one attached hydrogen (secondary N) is 2. The first kappa shape index (κ1) is 20.8. The molecule has 0 fully saturated rings. The molecule has 3 aromatic rings. The smallest absolute Gasteiger partial charge is 0.251 e. The van der Waals surface area contributed by atoms with E-state index in [1.165, 1.54) is 5.56 Å². The molecule has 0 saturated carbocycles. The molecule has 1 amide bonds. The molecule has 31 heavy (non-hydrogen) atoms. The summed E-state index contributed by atoms with van der Waals surface area (Å²) in [4.78, 5) is 20.8. The summed E-state index contributed by atoms with van der Waals surface area (Å²) < 4.78 is 6.01. The molecule has 6 heteroatoms. The van der Waals surface area contributed by atoms with E-state index in [1.807, 2.05) is 12.1 Å². The lowest BCUT2D eigenvalue weighted by atomic mass is 9.92. The summed E-state index contributed by atoms with van der Waals surface area (Å²) in [5.41, 5.74) is 3.40. The van der Waals surface area contributed by atoms with E-state index in [4.69, 9.17) is 4.74 Å². The number of carbonyl (C=O) groups is 1. The van der Waals surface area contributed by atoms with Crippen molar-refractivity contribution in [1.29, 1.82) is 0 Å². The molecular formula is C25H28N4O2. The average Bonchev–Trinajstić information content (AvgIpc) is 2.81. The van der Waals surface area contributed by atoms with E-state index >= 15 is 0 Å². The third kappa shape index (κ3) is 5.60. The van der Waals surface area contributed by atoms with Gasteiger partial charge in [-0.25, -0.2) is 0 Å². The predicted molar refractivity (Wildman–Crippen MR) is 121 cm³/mol. The topological polar surface area (TPSA) is 76.1 Å². The number of carbonyl (C=O) groups excluding carboxylic acids is 1. The van der Waals surface area contributed by atoms with Gasteiger partial charge in [-0.3, -0.25) is 14.8 Å². The fourth-order valence-electron chi connectivity index (χ4n) is 3.81. The Balaban J connectivity index is 1.32. The normalized spacial score (nSPS) is 17.2. The highest BCUT2D eigenvalue weighted by Crippen LogP contribution is 2.35. The number of hydrogen-bond donors (Lipinski definition) is 2. The minimum Gasteiger partial charge on any atom is -0.489 e. The number of benzene rings is 2. The Bertz CT molecular complexity index is 1010. The van der Waals surface area contributed by atoms with Crippen molar-refractivity contribution in [2.24, 2.45) is 0 Å². The summed E-state index contributed by atoms with van der Waals surface area (Å²) >= 11 is 0. The maximum atomic E-state index is 12.6. The zero-order valence-electron chi connectivity index (χ0n) is 17.8. The SMILES string of the molecule is CC1(CCCCc2ccccc2)COc2ccc(C(=O)NCc3cnccn3)cc2N1. The van der Waals surface area contributed by atoms with Crippen molar-refractivity contribution in [2.75, 3.05) is 11.9 Å². The van der Waals surface area contributed by atoms with Crippen molar-refractivity contribution < 1.29 is 9.53 Å². The van der Waals surface area contributed by atoms with Crippen LogP contribution in [0.3, 0.4) is 0 Å². The van der Waals surface area contributed by atoms with E-state index in [0.717, 1.165) is 42.8 Å². The second-order valence-electron chi connectivity index (χ2n) is 8.26. The highest BCUT2D eigenvalue weighted by Gasteiger charge is 2.30. The predicted octanol–water partition coefficient (Wildman–Crippen LogP) is 4.38. The van der Waals surface area contributed by atoms with Gasteiger partial charge in [-0.15, -0.1) is 0 Å². The van der Waals surface area contributed by atoms with Gasteiger partial charge < -0.3 is 15.4 Å². The molecule has 0 spiro atoms. The average molecular weight is 417 g/mol. The Morgan fingerprint density at radius 1 is 1.16 bits per heavy atom. The Labute approximate surface area is 183 Å². The van der Waals surface area contributed by atoms with E-state index in [-0.39, 0.29) is 11.4 Å². The number of amides is 1. The summed E-state index contributed by atoms with van der Waals surface area (Å²) in [5, 5.41) is 6.50. The minimum absolute atomic E-state index is 0.148. The molecule has 0 radical (unpaired) electrons. The van der Waals surface area contributed by atoms with E-state index in [2.05, 4.69) is 57.9 Å². The molecule has 1 unspecified atom stereocenters. The molecule has 4 rings (SSSR count). The molecule has 0 aliphatic carbocycles. The number of ether oxygens (including phenoxy) is 1. The molecule has 160 valence electrons. The van der Waals surface area contributed by atoms with E-state index in [0.29, 0.717) is 18.7 Å². The molecule has 2 heterocycles. The van der Waals surface area contributed by atoms with Crippen LogP contribution in [0, 0.1) is 0 Å². The van der Waals surface area contributed by atoms with Crippen LogP contribution in [0.25, 0.3) is 0 Å². The third-order valence-corrected chi connectivity index (χ3v) is 5.56. The first-order chi connectivity index (χ1) is 15.1. The molecule has 2 N–H and O–H groups in total. The monoisotopic (exact) mass is 416 g/mol. The Hall–Kier alpha value is -3.41. The fraction of sp³-hybridized carbons (Fsp3) is 0.320. The van der Waals surface area contributed by atoms with Crippen LogP contribution in [-0.4, -0.2) is 28.0 Å². The van der Waals surface area contributed by atoms with Crippen LogP contribution in [0.5, 0.6) is 5.75 Å². The van der Waals surface area contributed by atoms with Crippen LogP contribution in [0.1, 0.15) is 47.8 Å². The van der Waals surface area contributed by atoms with Gasteiger partial charge in [0.05, 0.1) is 29.7 Å². The second-order valence-corrected chi connectivity index (χ2v) is 8.26. The van der Waals surface area contributed by atoms with Gasteiger partial charge in [0.15, 0.2) is 0 Å². The number of hydrogen-bond acceptors (Lipinski definition) is 5. The fourth-order valence-corrected chi connectivity index (χ4v) is 3.81. The van der Waals surface area contributed by atoms with Gasteiger partial charge in [0, 0.05) is 18.0 Å². The molecule has 1 atom stereocenters. The zero-order chi connectivity index (χ0) is 21.5. The van der Waals surface area contributed by atoms with Crippen LogP contribution in [0.4, 0.5) is 5.69 Å². The van der Waals surface area contributed by atoms with Crippen molar-refractivity contribution >= 4 is 11.6 Å². The number of fused-ring (bicyclic) bond motifs is 1. The van der Waals surface area contributed by atoms with Crippen LogP contribution in [0.15, 0.2) is 67.1 Å². The summed E-state index contributed by atoms with van der Waals surface area (Å²) in [6, 6.07) is 16.1. The van der Waals surface area contributed by atoms with E-state index in [9.17, 15) is 4.79 Å². The summed E-state index contributed by atoms with van der Waals surface area (Å²) in [5.74, 6) is 0.637. The molecule has 0 bridgehead atoms. The van der Waals surface area contributed by atoms with E-state index in [1.54, 1.807) is 24.7 Å². The van der Waals surface area contributed by atoms with Gasteiger partial charge in [-0.05, 0) is 49.9 Å². The number of rotatable bonds is 8. The van der Waals surface area contributed by atoms with Crippen LogP contribution in [0.2, 0.25) is 0 Å². The van der Waals surface area contributed by atoms with Crippen molar-refractivity contribution in [1.82, 2.24) is 15.3 Å². The third-order valence-electron chi connectivity index (χ3n) is 5.56. The lowest BCUT2D eigenvalue weighted by Crippen LogP contribution is -2.44. The standard InChI is InChI=1S/C25H28N4O2/c1-25(12-6-5-9-19-7-3-2-4-8-19)18-31-23-11-10-20(15-22(23)29-25)24(30)28-17-21-16-26-13-14-27-21/h2-4,7-8,10-11,13-16,29H,5-6,9,12,17-18H2,1H3,(H,28,30). The number of anilines is 1. The van der Waals surface area contributed by atoms with Gasteiger partial charge >= 0.3 is 0 Å². The Kier molecular flexibility index (Phi) is 6.46. The lowest BCUT2D eigenvalue weighted by Gasteiger charge is -2.37. The molecule has 1 aliphatic rings. The molecule has 1 aliphatic heterocycles. The molecule has 1 aromatic heterocycles. The maximum absolute atomic E-state index is 12.6. The van der Waals surface area contributed by atoms with Gasteiger partial charge in [0.2, 0.25) is 0 Å². The van der Waals surface area contributed by atoms with Crippen molar-refractivity contribution in [3.05, 3.63) is 83.9 Å². The lowest BCUT2D eigenvalue weighted by molar-refractivity contribution is 0.0950. The summed E-state index contributed by atoms with van der Waals surface area (Å²) in [6.07, 6.45) is 9.20. The molecular weight excluding hydrogens is 388 g/mol. The Morgan fingerprint density at radius 2 is 2.03 bits per heavy atom. The van der Waals surface area contributed by atoms with Gasteiger partial charge in [0.25, 0.3) is 5.91 Å². The highest BCUT2D eigenvalue weighted by molar-refractivity contribution is 5.95. The highest BCUT2D eigenvalue weighted by atomic mass is 16.5. The number of nitrogens with zero attached hydrogens (tertiary/aromatic N) is 2. The number of aryl methyl sites for hydroxylation is 1. The number of aromatic nitrogens is 2. The maximum Gasteiger partial charge on any atom is 0.251 e. The van der Waals surface area contributed by atoms with Gasteiger partial charge in [-0.1, -0.05) is 36.8 Å². The van der Waals surface area contributed by atoms with Crippen molar-refractivity contribution in [3.63, 3.8) is 0 Å². The van der Waals surface area contributed by atoms with Gasteiger partial charge in [0.1, 0.15) is 12.4 Å². The van der Waals surface area contributed by atoms with Crippen molar-refractivity contribution in [2.45, 2.75) is 44.7 Å².